The predicted molar refractivity (Wildman–Crippen MR) is 104 cm³/mol. The van der Waals surface area contributed by atoms with E-state index < -0.39 is 0 Å². The van der Waals surface area contributed by atoms with Crippen molar-refractivity contribution in [2.24, 2.45) is 0 Å². The topological polar surface area (TPSA) is 19.7 Å². The first-order valence-electron chi connectivity index (χ1n) is 7.98. The summed E-state index contributed by atoms with van der Waals surface area (Å²) in [5.74, 6) is 0. The van der Waals surface area contributed by atoms with Crippen LogP contribution in [0, 0.1) is 6.92 Å². The molecule has 1 heterocycles. The van der Waals surface area contributed by atoms with Gasteiger partial charge in [0, 0.05) is 23.5 Å². The van der Waals surface area contributed by atoms with Crippen molar-refractivity contribution in [2.75, 3.05) is 32.5 Å². The van der Waals surface area contributed by atoms with Gasteiger partial charge in [0.05, 0.1) is 27.2 Å². The number of quaternary nitrogens is 1. The molecule has 0 unspecified atom stereocenters. The third kappa shape index (κ3) is 6.29. The van der Waals surface area contributed by atoms with Crippen molar-refractivity contribution in [1.29, 1.82) is 0 Å². The molecule has 2 aromatic rings. The van der Waals surface area contributed by atoms with E-state index in [0.29, 0.717) is 0 Å². The molecule has 3 nitrogen and oxygen atoms in total. The van der Waals surface area contributed by atoms with Crippen molar-refractivity contribution >= 4 is 34.4 Å². The van der Waals surface area contributed by atoms with E-state index in [2.05, 4.69) is 73.0 Å². The minimum atomic E-state index is 0.802. The van der Waals surface area contributed by atoms with Crippen LogP contribution in [0.3, 0.4) is 0 Å². The number of hydrogen-bond donors (Lipinski definition) is 2. The van der Waals surface area contributed by atoms with Gasteiger partial charge in [-0.15, -0.1) is 11.3 Å². The number of thiocarbonyl (C=S) groups is 1. The first-order chi connectivity index (χ1) is 11.0. The molecule has 0 aliphatic heterocycles. The average molecular weight is 349 g/mol. The lowest BCUT2D eigenvalue weighted by Crippen LogP contribution is -3.05. The number of aryl methyl sites for hydroxylation is 1. The standard InChI is InChI=1S/C18H25N3S2/c1-15-7-9-16(10-8-15)19-18(22)21(12-5-11-20(2)3)14-17-6-4-13-23-17/h4,6-10,13H,5,11-12,14H2,1-3H3,(H,19,22)/p+1. The fourth-order valence-corrected chi connectivity index (χ4v) is 3.30. The minimum Gasteiger partial charge on any atom is -0.344 e. The highest BCUT2D eigenvalue weighted by Crippen LogP contribution is 2.15. The molecular weight excluding hydrogens is 322 g/mol. The van der Waals surface area contributed by atoms with Gasteiger partial charge in [0.15, 0.2) is 5.11 Å². The fourth-order valence-electron chi connectivity index (χ4n) is 2.31. The summed E-state index contributed by atoms with van der Waals surface area (Å²) in [5.41, 5.74) is 2.31. The van der Waals surface area contributed by atoms with Crippen molar-refractivity contribution in [2.45, 2.75) is 19.9 Å². The number of thiophene rings is 1. The normalized spacial score (nSPS) is 10.8. The third-order valence-corrected chi connectivity index (χ3v) is 4.84. The highest BCUT2D eigenvalue weighted by Gasteiger charge is 2.12. The van der Waals surface area contributed by atoms with Gasteiger partial charge >= 0.3 is 0 Å². The molecule has 124 valence electrons. The first kappa shape index (κ1) is 17.9. The van der Waals surface area contributed by atoms with E-state index in [-0.39, 0.29) is 0 Å². The van der Waals surface area contributed by atoms with Gasteiger partial charge in [-0.1, -0.05) is 23.8 Å². The molecule has 1 aromatic heterocycles. The molecule has 0 saturated heterocycles. The fraction of sp³-hybridized carbons (Fsp3) is 0.389. The molecule has 0 amide bonds. The predicted octanol–water partition coefficient (Wildman–Crippen LogP) is 2.79. The molecule has 5 heteroatoms. The number of anilines is 1. The van der Waals surface area contributed by atoms with Crippen molar-refractivity contribution < 1.29 is 4.90 Å². The summed E-state index contributed by atoms with van der Waals surface area (Å²) < 4.78 is 0. The summed E-state index contributed by atoms with van der Waals surface area (Å²) in [5, 5.41) is 6.30. The lowest BCUT2D eigenvalue weighted by atomic mass is 10.2. The maximum atomic E-state index is 5.66. The highest BCUT2D eigenvalue weighted by molar-refractivity contribution is 7.80. The van der Waals surface area contributed by atoms with Crippen LogP contribution in [0.15, 0.2) is 41.8 Å². The van der Waals surface area contributed by atoms with Crippen LogP contribution in [0.5, 0.6) is 0 Å². The van der Waals surface area contributed by atoms with Crippen LogP contribution in [-0.4, -0.2) is 37.2 Å². The van der Waals surface area contributed by atoms with Crippen molar-refractivity contribution in [3.05, 3.63) is 52.2 Å². The second-order valence-electron chi connectivity index (χ2n) is 6.11. The van der Waals surface area contributed by atoms with Gasteiger partial charge in [0.1, 0.15) is 0 Å². The van der Waals surface area contributed by atoms with E-state index in [0.717, 1.165) is 36.9 Å². The van der Waals surface area contributed by atoms with Crippen LogP contribution >= 0.6 is 23.6 Å². The third-order valence-electron chi connectivity index (χ3n) is 3.62. The second-order valence-corrected chi connectivity index (χ2v) is 7.53. The van der Waals surface area contributed by atoms with E-state index in [9.17, 15) is 0 Å². The van der Waals surface area contributed by atoms with Gasteiger partial charge in [-0.3, -0.25) is 0 Å². The van der Waals surface area contributed by atoms with Crippen LogP contribution in [0.1, 0.15) is 16.9 Å². The first-order valence-corrected chi connectivity index (χ1v) is 9.27. The molecule has 23 heavy (non-hydrogen) atoms. The minimum absolute atomic E-state index is 0.802. The zero-order chi connectivity index (χ0) is 16.7. The second kappa shape index (κ2) is 9.01. The Hall–Kier alpha value is -1.43. The average Bonchev–Trinajstić information content (AvgIpc) is 3.01. The lowest BCUT2D eigenvalue weighted by Gasteiger charge is -2.25. The van der Waals surface area contributed by atoms with Gasteiger partial charge in [0.25, 0.3) is 0 Å². The Balaban J connectivity index is 1.98. The number of nitrogens with one attached hydrogen (secondary N) is 2. The van der Waals surface area contributed by atoms with Gasteiger partial charge in [-0.25, -0.2) is 0 Å². The van der Waals surface area contributed by atoms with Crippen molar-refractivity contribution in [1.82, 2.24) is 4.90 Å². The number of nitrogens with zero attached hydrogens (tertiary/aromatic N) is 1. The summed E-state index contributed by atoms with van der Waals surface area (Å²) in [7, 11) is 4.37. The molecule has 0 atom stereocenters. The largest absolute Gasteiger partial charge is 0.344 e. The van der Waals surface area contributed by atoms with Gasteiger partial charge in [0.2, 0.25) is 0 Å². The summed E-state index contributed by atoms with van der Waals surface area (Å²) in [4.78, 5) is 5.08. The number of hydrogen-bond acceptors (Lipinski definition) is 2. The molecule has 0 saturated carbocycles. The van der Waals surface area contributed by atoms with Crippen molar-refractivity contribution in [3.63, 3.8) is 0 Å². The summed E-state index contributed by atoms with van der Waals surface area (Å²) in [6.07, 6.45) is 1.13. The molecule has 0 bridgehead atoms. The molecule has 1 aromatic carbocycles. The number of benzene rings is 1. The highest BCUT2D eigenvalue weighted by atomic mass is 32.1. The van der Waals surface area contributed by atoms with Crippen LogP contribution < -0.4 is 10.2 Å². The summed E-state index contributed by atoms with van der Waals surface area (Å²) in [6, 6.07) is 12.6. The molecule has 2 N–H and O–H groups in total. The Bertz CT molecular complexity index is 591. The lowest BCUT2D eigenvalue weighted by molar-refractivity contribution is -0.858. The van der Waals surface area contributed by atoms with E-state index >= 15 is 0 Å². The Morgan fingerprint density at radius 3 is 2.57 bits per heavy atom. The molecule has 0 spiro atoms. The maximum absolute atomic E-state index is 5.66. The summed E-state index contributed by atoms with van der Waals surface area (Å²) >= 11 is 7.44. The molecule has 0 fully saturated rings. The zero-order valence-corrected chi connectivity index (χ0v) is 15.8. The quantitative estimate of drug-likeness (QED) is 0.751. The maximum Gasteiger partial charge on any atom is 0.173 e. The van der Waals surface area contributed by atoms with E-state index in [1.54, 1.807) is 11.3 Å². The Kier molecular flexibility index (Phi) is 7.02. The van der Waals surface area contributed by atoms with Gasteiger partial charge in [-0.2, -0.15) is 0 Å². The van der Waals surface area contributed by atoms with Crippen LogP contribution in [0.25, 0.3) is 0 Å². The molecule has 0 radical (unpaired) electrons. The van der Waals surface area contributed by atoms with E-state index in [4.69, 9.17) is 12.2 Å². The Labute approximate surface area is 148 Å². The summed E-state index contributed by atoms with van der Waals surface area (Å²) in [6.45, 7) is 5.09. The molecular formula is C18H26N3S2+. The molecule has 0 aliphatic carbocycles. The Morgan fingerprint density at radius 1 is 1.22 bits per heavy atom. The van der Waals surface area contributed by atoms with Crippen LogP contribution in [-0.2, 0) is 6.54 Å². The van der Waals surface area contributed by atoms with E-state index in [1.807, 2.05) is 0 Å². The van der Waals surface area contributed by atoms with Crippen LogP contribution in [0.4, 0.5) is 5.69 Å². The SMILES string of the molecule is Cc1ccc(NC(=S)N(CCC[NH+](C)C)Cc2cccs2)cc1. The number of rotatable bonds is 7. The van der Waals surface area contributed by atoms with Crippen LogP contribution in [0.2, 0.25) is 0 Å². The van der Waals surface area contributed by atoms with Gasteiger partial charge < -0.3 is 15.1 Å². The monoisotopic (exact) mass is 348 g/mol. The molecule has 0 aliphatic rings. The zero-order valence-electron chi connectivity index (χ0n) is 14.1. The van der Waals surface area contributed by atoms with Gasteiger partial charge in [-0.05, 0) is 42.7 Å². The van der Waals surface area contributed by atoms with E-state index in [1.165, 1.54) is 15.3 Å². The molecule has 2 rings (SSSR count). The van der Waals surface area contributed by atoms with Crippen molar-refractivity contribution in [3.8, 4) is 0 Å². The Morgan fingerprint density at radius 2 is 1.96 bits per heavy atom. The smallest absolute Gasteiger partial charge is 0.173 e.